The minimum absolute atomic E-state index is 0.137. The number of rotatable bonds is 0. The summed E-state index contributed by atoms with van der Waals surface area (Å²) in [6.07, 6.45) is 9.00. The Bertz CT molecular complexity index is 504. The maximum atomic E-state index is 11.3. The molecule has 1 heterocycles. The fourth-order valence-corrected chi connectivity index (χ4v) is 2.24. The summed E-state index contributed by atoms with van der Waals surface area (Å²) in [5.41, 5.74) is 4.08. The Labute approximate surface area is 87.6 Å². The van der Waals surface area contributed by atoms with Crippen LogP contribution in [-0.2, 0) is 0 Å². The molecule has 1 unspecified atom stereocenters. The maximum absolute atomic E-state index is 11.3. The van der Waals surface area contributed by atoms with Crippen LogP contribution in [0.1, 0.15) is 13.3 Å². The molecule has 15 heavy (non-hydrogen) atoms. The third kappa shape index (κ3) is 1.16. The summed E-state index contributed by atoms with van der Waals surface area (Å²) in [6.45, 7) is 1.99. The predicted molar refractivity (Wildman–Crippen MR) is 59.4 cm³/mol. The molecular weight excluding hydrogens is 188 g/mol. The van der Waals surface area contributed by atoms with Gasteiger partial charge in [-0.2, -0.15) is 9.98 Å². The molecule has 74 valence electrons. The number of urea groups is 1. The Morgan fingerprint density at radius 2 is 2.20 bits per heavy atom. The van der Waals surface area contributed by atoms with Crippen LogP contribution in [0, 0.1) is 5.92 Å². The van der Waals surface area contributed by atoms with Gasteiger partial charge < -0.3 is 0 Å². The fourth-order valence-electron chi connectivity index (χ4n) is 2.24. The molecule has 1 atom stereocenters. The third-order valence-corrected chi connectivity index (χ3v) is 2.96. The molecule has 0 saturated heterocycles. The summed E-state index contributed by atoms with van der Waals surface area (Å²) in [5, 5.41) is 0. The van der Waals surface area contributed by atoms with Gasteiger partial charge in [0, 0.05) is 12.1 Å². The average Bonchev–Trinajstić information content (AvgIpc) is 2.23. The van der Waals surface area contributed by atoms with E-state index in [-0.39, 0.29) is 11.9 Å². The topological polar surface area (TPSA) is 41.8 Å². The zero-order chi connectivity index (χ0) is 10.4. The summed E-state index contributed by atoms with van der Waals surface area (Å²) in [4.78, 5) is 19.3. The lowest BCUT2D eigenvalue weighted by atomic mass is 9.77. The molecule has 1 aliphatic heterocycles. The van der Waals surface area contributed by atoms with Crippen LogP contribution >= 0.6 is 0 Å². The second kappa shape index (κ2) is 2.86. The second-order valence-corrected chi connectivity index (χ2v) is 3.94. The van der Waals surface area contributed by atoms with Gasteiger partial charge in [-0.25, -0.2) is 4.79 Å². The minimum atomic E-state index is -0.361. The Morgan fingerprint density at radius 3 is 3.07 bits per heavy atom. The van der Waals surface area contributed by atoms with E-state index in [0.29, 0.717) is 0 Å². The summed E-state index contributed by atoms with van der Waals surface area (Å²) in [7, 11) is 0. The highest BCUT2D eigenvalue weighted by molar-refractivity contribution is 6.25. The van der Waals surface area contributed by atoms with Crippen LogP contribution in [0.2, 0.25) is 0 Å². The Kier molecular flexibility index (Phi) is 1.63. The van der Waals surface area contributed by atoms with Gasteiger partial charge in [0.25, 0.3) is 0 Å². The standard InChI is InChI=1S/C12H10N2O/c1-7-5-6-8-3-2-4-9-10(8)11(7)14-12(15)13-9/h2-3,5-6,10H,4H2,1H3. The lowest BCUT2D eigenvalue weighted by molar-refractivity contribution is 0.256. The lowest BCUT2D eigenvalue weighted by Crippen LogP contribution is -2.33. The van der Waals surface area contributed by atoms with Crippen molar-refractivity contribution in [3.05, 3.63) is 35.5 Å². The van der Waals surface area contributed by atoms with Crippen molar-refractivity contribution < 1.29 is 4.79 Å². The highest BCUT2D eigenvalue weighted by atomic mass is 16.2. The molecule has 3 nitrogen and oxygen atoms in total. The molecule has 0 aromatic rings. The summed E-state index contributed by atoms with van der Waals surface area (Å²) >= 11 is 0. The van der Waals surface area contributed by atoms with Gasteiger partial charge in [-0.1, -0.05) is 24.3 Å². The molecule has 0 aromatic heterocycles. The van der Waals surface area contributed by atoms with Crippen LogP contribution < -0.4 is 0 Å². The van der Waals surface area contributed by atoms with Gasteiger partial charge in [0.05, 0.1) is 11.6 Å². The lowest BCUT2D eigenvalue weighted by Gasteiger charge is -2.29. The first-order valence-corrected chi connectivity index (χ1v) is 5.01. The van der Waals surface area contributed by atoms with Gasteiger partial charge in [-0.3, -0.25) is 0 Å². The average molecular weight is 198 g/mol. The molecule has 3 heteroatoms. The van der Waals surface area contributed by atoms with E-state index in [1.807, 2.05) is 19.1 Å². The van der Waals surface area contributed by atoms with Crippen molar-refractivity contribution in [1.82, 2.24) is 0 Å². The molecule has 3 aliphatic rings. The first-order chi connectivity index (χ1) is 7.25. The van der Waals surface area contributed by atoms with Crippen LogP contribution in [-0.4, -0.2) is 17.5 Å². The Morgan fingerprint density at radius 1 is 1.33 bits per heavy atom. The van der Waals surface area contributed by atoms with Gasteiger partial charge in [-0.15, -0.1) is 0 Å². The van der Waals surface area contributed by atoms with Crippen molar-refractivity contribution in [2.75, 3.05) is 0 Å². The number of aliphatic imine (C=N–C) groups is 2. The van der Waals surface area contributed by atoms with Gasteiger partial charge in [0.2, 0.25) is 0 Å². The number of hydrogen-bond acceptors (Lipinski definition) is 1. The molecule has 0 spiro atoms. The predicted octanol–water partition coefficient (Wildman–Crippen LogP) is 2.46. The molecule has 0 radical (unpaired) electrons. The van der Waals surface area contributed by atoms with Gasteiger partial charge in [0.1, 0.15) is 0 Å². The number of hydrogen-bond donors (Lipinski definition) is 0. The van der Waals surface area contributed by atoms with Crippen LogP contribution in [0.3, 0.4) is 0 Å². The van der Waals surface area contributed by atoms with Crippen LogP contribution in [0.5, 0.6) is 0 Å². The van der Waals surface area contributed by atoms with E-state index >= 15 is 0 Å². The molecule has 3 rings (SSSR count). The van der Waals surface area contributed by atoms with Gasteiger partial charge in [-0.05, 0) is 18.1 Å². The molecule has 0 aromatic carbocycles. The van der Waals surface area contributed by atoms with Crippen molar-refractivity contribution in [2.24, 2.45) is 15.9 Å². The molecule has 0 N–H and O–H groups in total. The summed E-state index contributed by atoms with van der Waals surface area (Å²) in [5.74, 6) is 0.137. The van der Waals surface area contributed by atoms with E-state index in [1.54, 1.807) is 0 Å². The van der Waals surface area contributed by atoms with Crippen molar-refractivity contribution >= 4 is 17.5 Å². The normalized spacial score (nSPS) is 27.5. The Balaban J connectivity index is 2.23. The third-order valence-electron chi connectivity index (χ3n) is 2.96. The number of nitrogens with zero attached hydrogens (tertiary/aromatic N) is 2. The van der Waals surface area contributed by atoms with Crippen molar-refractivity contribution in [2.45, 2.75) is 13.3 Å². The van der Waals surface area contributed by atoms with Crippen molar-refractivity contribution in [3.8, 4) is 0 Å². The minimum Gasteiger partial charge on any atom is -0.244 e. The largest absolute Gasteiger partial charge is 0.367 e. The monoisotopic (exact) mass is 198 g/mol. The van der Waals surface area contributed by atoms with E-state index < -0.39 is 0 Å². The van der Waals surface area contributed by atoms with E-state index in [4.69, 9.17) is 0 Å². The van der Waals surface area contributed by atoms with Crippen LogP contribution in [0.25, 0.3) is 0 Å². The zero-order valence-corrected chi connectivity index (χ0v) is 8.40. The number of carbonyl (C=O) groups is 1. The van der Waals surface area contributed by atoms with Crippen molar-refractivity contribution in [3.63, 3.8) is 0 Å². The van der Waals surface area contributed by atoms with E-state index in [2.05, 4.69) is 22.1 Å². The SMILES string of the molecule is CC1=CC=C2C=CCC3=NC(=O)N=C1C23. The van der Waals surface area contributed by atoms with Crippen LogP contribution in [0.4, 0.5) is 4.79 Å². The van der Waals surface area contributed by atoms with E-state index in [9.17, 15) is 4.79 Å². The fraction of sp³-hybridized carbons (Fsp3) is 0.250. The quantitative estimate of drug-likeness (QED) is 0.589. The van der Waals surface area contributed by atoms with Crippen LogP contribution in [0.15, 0.2) is 45.4 Å². The number of amides is 2. The maximum Gasteiger partial charge on any atom is 0.367 e. The zero-order valence-electron chi connectivity index (χ0n) is 8.40. The number of carbonyl (C=O) groups excluding carboxylic acids is 1. The van der Waals surface area contributed by atoms with Gasteiger partial charge >= 0.3 is 6.03 Å². The van der Waals surface area contributed by atoms with E-state index in [1.165, 1.54) is 5.57 Å². The molecule has 0 fully saturated rings. The Hall–Kier alpha value is -1.77. The first kappa shape index (κ1) is 8.53. The van der Waals surface area contributed by atoms with Gasteiger partial charge in [0.15, 0.2) is 0 Å². The number of allylic oxidation sites excluding steroid dienone is 6. The highest BCUT2D eigenvalue weighted by Crippen LogP contribution is 2.32. The molecule has 0 saturated carbocycles. The summed E-state index contributed by atoms with van der Waals surface area (Å²) in [6, 6.07) is -0.361. The molecule has 0 bridgehead atoms. The summed E-state index contributed by atoms with van der Waals surface area (Å²) < 4.78 is 0. The molecule has 2 amide bonds. The smallest absolute Gasteiger partial charge is 0.244 e. The molecule has 2 aliphatic carbocycles. The molecular formula is C12H10N2O. The highest BCUT2D eigenvalue weighted by Gasteiger charge is 2.33. The first-order valence-electron chi connectivity index (χ1n) is 5.01. The second-order valence-electron chi connectivity index (χ2n) is 3.94. The van der Waals surface area contributed by atoms with Crippen molar-refractivity contribution in [1.29, 1.82) is 0 Å². The van der Waals surface area contributed by atoms with E-state index in [0.717, 1.165) is 23.4 Å².